The van der Waals surface area contributed by atoms with Crippen LogP contribution in [0.3, 0.4) is 0 Å². The van der Waals surface area contributed by atoms with E-state index in [9.17, 15) is 48.3 Å². The number of ether oxygens (including phenoxy) is 1. The number of aromatic hydroxyl groups is 1. The Morgan fingerprint density at radius 2 is 1.20 bits per heavy atom. The van der Waals surface area contributed by atoms with Crippen LogP contribution >= 0.6 is 0 Å². The van der Waals surface area contributed by atoms with Gasteiger partial charge in [-0.1, -0.05) is 125 Å². The number of Topliss-reactive ketones (excluding diaryl/α,β-unsaturated/α-hetero) is 3. The van der Waals surface area contributed by atoms with Gasteiger partial charge in [0.05, 0.1) is 42.8 Å². The molecule has 2 saturated carbocycles. The molecule has 0 bridgehead atoms. The van der Waals surface area contributed by atoms with Crippen molar-refractivity contribution in [3.63, 3.8) is 0 Å². The fourth-order valence-electron chi connectivity index (χ4n) is 15.6. The lowest BCUT2D eigenvalue weighted by atomic mass is 9.49. The molecule has 0 aromatic heterocycles. The highest BCUT2D eigenvalue weighted by molar-refractivity contribution is 6.01. The summed E-state index contributed by atoms with van der Waals surface area (Å²) in [4.78, 5) is 124. The largest absolute Gasteiger partial charge is 0.508 e. The molecular weight excluding hydrogens is 1130 g/mol. The molecule has 0 unspecified atom stereocenters. The molecule has 470 valence electrons. The lowest BCUT2D eigenvalue weighted by Gasteiger charge is -2.56. The van der Waals surface area contributed by atoms with Gasteiger partial charge in [-0.25, -0.2) is 0 Å². The van der Waals surface area contributed by atoms with Crippen LogP contribution in [-0.4, -0.2) is 84.2 Å². The van der Waals surface area contributed by atoms with Crippen molar-refractivity contribution in [1.29, 1.82) is 0 Å². The topological polar surface area (TPSA) is 234 Å². The summed E-state index contributed by atoms with van der Waals surface area (Å²) in [5.74, 6) is 2.50. The highest BCUT2D eigenvalue weighted by atomic mass is 16.5. The van der Waals surface area contributed by atoms with E-state index in [4.69, 9.17) is 4.74 Å². The minimum atomic E-state index is -0.860. The van der Waals surface area contributed by atoms with Crippen molar-refractivity contribution >= 4 is 64.2 Å². The van der Waals surface area contributed by atoms with Crippen molar-refractivity contribution in [2.45, 2.75) is 154 Å². The van der Waals surface area contributed by atoms with E-state index in [2.05, 4.69) is 47.0 Å². The van der Waals surface area contributed by atoms with Gasteiger partial charge in [-0.05, 0) is 156 Å². The van der Waals surface area contributed by atoms with Crippen molar-refractivity contribution in [2.75, 3.05) is 36.5 Å². The number of fused-ring (bicyclic) bond motifs is 8. The lowest BCUT2D eigenvalue weighted by Crippen LogP contribution is -2.60. The smallest absolute Gasteiger partial charge is 0.250 e. The van der Waals surface area contributed by atoms with Gasteiger partial charge in [0.1, 0.15) is 18.1 Å². The molecule has 5 aromatic rings. The molecule has 16 nitrogen and oxygen atoms in total. The SMILES string of the molecule is C[C@]1(C(=O)NC(=O)[C@@]2(C)CCC[C@]3(C)c4cc(NC(=O)COCCC(=O)CNC(=O)[C@@H](CC(=O)CNC(=O)CCC(=O)CCC(=O)N5Cc6ccccc6C#Cc6ccccc65)Cc5ccccc5)ccc4CC[C@@H]23)CCC[C@]2(C)c3cc(O)ccc3CC[C@@H]12. The Hall–Kier alpha value is -8.55. The fourth-order valence-corrected chi connectivity index (χ4v) is 15.6. The third-order valence-corrected chi connectivity index (χ3v) is 20.5. The molecule has 2 fully saturated rings. The zero-order chi connectivity index (χ0) is 63.8. The number of phenolic OH excluding ortho intramolecular Hbond substituents is 1. The number of ketones is 3. The van der Waals surface area contributed by atoms with Crippen molar-refractivity contribution < 1.29 is 53.0 Å². The average Bonchev–Trinajstić information content (AvgIpc) is 0.741. The Bertz CT molecular complexity index is 3680. The number of carbonyl (C=O) groups excluding carboxylic acids is 9. The molecule has 90 heavy (non-hydrogen) atoms. The fraction of sp³-hybridized carbons (Fsp3) is 0.446. The Labute approximate surface area is 527 Å². The summed E-state index contributed by atoms with van der Waals surface area (Å²) in [5, 5.41) is 21.7. The number of amides is 6. The number of hydrogen-bond acceptors (Lipinski definition) is 11. The van der Waals surface area contributed by atoms with E-state index in [0.29, 0.717) is 36.3 Å². The molecule has 0 saturated heterocycles. The van der Waals surface area contributed by atoms with E-state index in [-0.39, 0.29) is 124 Å². The predicted molar refractivity (Wildman–Crippen MR) is 342 cm³/mol. The first-order valence-electron chi connectivity index (χ1n) is 32.0. The van der Waals surface area contributed by atoms with Gasteiger partial charge >= 0.3 is 0 Å². The molecule has 5 N–H and O–H groups in total. The van der Waals surface area contributed by atoms with Crippen LogP contribution in [0.25, 0.3) is 0 Å². The first-order chi connectivity index (χ1) is 43.2. The van der Waals surface area contributed by atoms with Crippen molar-refractivity contribution in [2.24, 2.45) is 28.6 Å². The molecule has 10 rings (SSSR count). The molecule has 5 aromatic carbocycles. The van der Waals surface area contributed by atoms with Crippen LogP contribution in [0.1, 0.15) is 162 Å². The van der Waals surface area contributed by atoms with Gasteiger partial charge in [0, 0.05) is 61.3 Å². The number of nitrogens with one attached hydrogen (secondary N) is 4. The molecule has 0 spiro atoms. The number of phenols is 1. The van der Waals surface area contributed by atoms with Gasteiger partial charge < -0.3 is 30.7 Å². The van der Waals surface area contributed by atoms with Gasteiger partial charge in [0.2, 0.25) is 35.4 Å². The van der Waals surface area contributed by atoms with Gasteiger partial charge in [0.25, 0.3) is 0 Å². The van der Waals surface area contributed by atoms with E-state index in [0.717, 1.165) is 84.7 Å². The van der Waals surface area contributed by atoms with Crippen LogP contribution in [0.2, 0.25) is 0 Å². The maximum Gasteiger partial charge on any atom is 0.250 e. The second-order valence-electron chi connectivity index (χ2n) is 26.5. The minimum absolute atomic E-state index is 0.0105. The number of imide groups is 1. The standard InChI is InChI=1S/C74H83N5O11/c1-71-35-12-37-73(3,69(88)78-70(89)74(4)38-13-36-72(2)61-43-57(81)27-23-51(61)25-31-64(72)74)63(71)30-24-50-22-26-55(42-60(50)71)77-66(85)47-90-39-34-58(82)44-76-68(87)54(40-48-14-6-5-7-15-48)41-59(83)45-75-65(84)32-28-56(80)29-33-67(86)79-46-53-18-9-8-16-49(53)20-21-52-17-10-11-19-62(52)79/h5-11,14-19,22-23,26-27,42-43,54,63-64,81H,12-13,24-25,28-41,44-47H2,1-4H3,(H,75,84)(H,76,87)(H,77,85)(H,78,88,89)/t54-,63-,64-,71-,72-,73+,74+/m1/s1. The number of para-hydroxylation sites is 1. The Kier molecular flexibility index (Phi) is 19.8. The van der Waals surface area contributed by atoms with E-state index in [1.165, 1.54) is 5.56 Å². The summed E-state index contributed by atoms with van der Waals surface area (Å²) in [6.45, 7) is 7.68. The summed E-state index contributed by atoms with van der Waals surface area (Å²) < 4.78 is 5.64. The van der Waals surface area contributed by atoms with Crippen LogP contribution in [0.4, 0.5) is 11.4 Å². The predicted octanol–water partition coefficient (Wildman–Crippen LogP) is 9.80. The minimum Gasteiger partial charge on any atom is -0.508 e. The number of carbonyl (C=O) groups is 9. The number of benzene rings is 5. The number of nitrogens with zero attached hydrogens (tertiary/aromatic N) is 1. The number of anilines is 2. The Morgan fingerprint density at radius 3 is 1.90 bits per heavy atom. The summed E-state index contributed by atoms with van der Waals surface area (Å²) in [7, 11) is 0. The highest BCUT2D eigenvalue weighted by Crippen LogP contribution is 2.60. The second-order valence-corrected chi connectivity index (χ2v) is 26.5. The van der Waals surface area contributed by atoms with Crippen LogP contribution < -0.4 is 26.2 Å². The molecular formula is C74H83N5O11. The molecule has 5 aliphatic rings. The van der Waals surface area contributed by atoms with Crippen LogP contribution in [0, 0.1) is 40.4 Å². The van der Waals surface area contributed by atoms with Gasteiger partial charge in [-0.2, -0.15) is 0 Å². The molecule has 1 aliphatic heterocycles. The number of aryl methyl sites for hydroxylation is 2. The zero-order valence-electron chi connectivity index (χ0n) is 52.2. The first-order valence-corrected chi connectivity index (χ1v) is 32.0. The normalized spacial score (nSPS) is 23.0. The summed E-state index contributed by atoms with van der Waals surface area (Å²) in [6, 6.07) is 35.6. The maximum atomic E-state index is 14.7. The number of rotatable bonds is 23. The van der Waals surface area contributed by atoms with Gasteiger partial charge in [-0.15, -0.1) is 0 Å². The van der Waals surface area contributed by atoms with E-state index >= 15 is 0 Å². The summed E-state index contributed by atoms with van der Waals surface area (Å²) in [5.41, 5.74) is 6.75. The number of hydrogen-bond donors (Lipinski definition) is 5. The average molecular weight is 1220 g/mol. The van der Waals surface area contributed by atoms with E-state index in [1.807, 2.05) is 123 Å². The molecule has 1 heterocycles. The molecule has 6 amide bonds. The van der Waals surface area contributed by atoms with E-state index in [1.54, 1.807) is 11.0 Å². The van der Waals surface area contributed by atoms with Crippen molar-refractivity contribution in [3.8, 4) is 17.6 Å². The third-order valence-electron chi connectivity index (χ3n) is 20.5. The Morgan fingerprint density at radius 1 is 0.600 bits per heavy atom. The van der Waals surface area contributed by atoms with Crippen LogP contribution in [-0.2, 0) is 84.5 Å². The van der Waals surface area contributed by atoms with Gasteiger partial charge in [0.15, 0.2) is 11.6 Å². The van der Waals surface area contributed by atoms with Crippen molar-refractivity contribution in [1.82, 2.24) is 16.0 Å². The molecule has 4 aliphatic carbocycles. The third kappa shape index (κ3) is 14.2. The van der Waals surface area contributed by atoms with Gasteiger partial charge in [-0.3, -0.25) is 48.5 Å². The van der Waals surface area contributed by atoms with Crippen LogP contribution in [0.5, 0.6) is 5.75 Å². The van der Waals surface area contributed by atoms with Crippen molar-refractivity contribution in [3.05, 3.63) is 160 Å². The molecule has 16 heteroatoms. The monoisotopic (exact) mass is 1220 g/mol. The summed E-state index contributed by atoms with van der Waals surface area (Å²) in [6.07, 6.45) is 7.35. The summed E-state index contributed by atoms with van der Waals surface area (Å²) >= 11 is 0. The Balaban J connectivity index is 0.653. The zero-order valence-corrected chi connectivity index (χ0v) is 52.2. The van der Waals surface area contributed by atoms with Crippen LogP contribution in [0.15, 0.2) is 115 Å². The highest BCUT2D eigenvalue weighted by Gasteiger charge is 2.58. The second kappa shape index (κ2) is 27.7. The molecule has 7 atom stereocenters. The molecule has 0 radical (unpaired) electrons. The first kappa shape index (κ1) is 64.4. The quantitative estimate of drug-likeness (QED) is 0.0235. The van der Waals surface area contributed by atoms with E-state index < -0.39 is 45.7 Å². The maximum absolute atomic E-state index is 14.7. The lowest BCUT2D eigenvalue weighted by molar-refractivity contribution is -0.150.